The van der Waals surface area contributed by atoms with Gasteiger partial charge in [-0.05, 0) is 6.42 Å². The van der Waals surface area contributed by atoms with E-state index in [4.69, 9.17) is 0 Å². The van der Waals surface area contributed by atoms with Gasteiger partial charge >= 0.3 is 12.2 Å². The van der Waals surface area contributed by atoms with Crippen LogP contribution in [0.1, 0.15) is 19.8 Å². The fraction of sp³-hybridized carbons (Fsp3) is 1.00. The Kier molecular flexibility index (Phi) is 3.89. The van der Waals surface area contributed by atoms with Gasteiger partial charge in [-0.3, -0.25) is 5.32 Å². The molecule has 0 amide bonds. The van der Waals surface area contributed by atoms with E-state index in [0.717, 1.165) is 5.32 Å². The fourth-order valence-electron chi connectivity index (χ4n) is 0.522. The molecular formula is C6H10F5N. The van der Waals surface area contributed by atoms with E-state index in [0.29, 0.717) is 12.8 Å². The molecule has 74 valence electrons. The summed E-state index contributed by atoms with van der Waals surface area (Å²) >= 11 is 0. The molecular weight excluding hydrogens is 181 g/mol. The Morgan fingerprint density at radius 1 is 1.08 bits per heavy atom. The van der Waals surface area contributed by atoms with Crippen LogP contribution in [0.2, 0.25) is 0 Å². The van der Waals surface area contributed by atoms with Crippen molar-refractivity contribution in [2.24, 2.45) is 0 Å². The van der Waals surface area contributed by atoms with E-state index in [1.165, 1.54) is 0 Å². The first-order valence-corrected chi connectivity index (χ1v) is 3.51. The molecule has 0 aromatic carbocycles. The first-order valence-electron chi connectivity index (χ1n) is 3.51. The highest BCUT2D eigenvalue weighted by Crippen LogP contribution is 2.32. The van der Waals surface area contributed by atoms with Crippen LogP contribution >= 0.6 is 0 Å². The van der Waals surface area contributed by atoms with E-state index >= 15 is 0 Å². The Hall–Kier alpha value is -0.390. The molecule has 0 rings (SSSR count). The zero-order valence-electron chi connectivity index (χ0n) is 6.51. The normalized spacial score (nSPS) is 13.5. The SMILES string of the molecule is CCCCNC(F)(F)C(F)(F)F. The van der Waals surface area contributed by atoms with Crippen LogP contribution in [-0.4, -0.2) is 18.8 Å². The smallest absolute Gasteiger partial charge is 0.250 e. The molecule has 12 heavy (non-hydrogen) atoms. The van der Waals surface area contributed by atoms with Crippen molar-refractivity contribution >= 4 is 0 Å². The van der Waals surface area contributed by atoms with Crippen molar-refractivity contribution in [3.05, 3.63) is 0 Å². The summed E-state index contributed by atoms with van der Waals surface area (Å²) in [6.07, 6.45) is -4.63. The molecule has 0 spiro atoms. The van der Waals surface area contributed by atoms with Crippen LogP contribution in [0.25, 0.3) is 0 Å². The summed E-state index contributed by atoms with van der Waals surface area (Å²) in [5, 5.41) is 1.14. The Labute approximate surface area is 66.9 Å². The lowest BCUT2D eigenvalue weighted by Crippen LogP contribution is -2.49. The summed E-state index contributed by atoms with van der Waals surface area (Å²) in [5.41, 5.74) is 0. The summed E-state index contributed by atoms with van der Waals surface area (Å²) < 4.78 is 58.4. The van der Waals surface area contributed by atoms with E-state index in [1.807, 2.05) is 0 Å². The standard InChI is InChI=1S/C6H10F5N/c1-2-3-4-12-6(10,11)5(7,8)9/h12H,2-4H2,1H3. The third-order valence-corrected chi connectivity index (χ3v) is 1.23. The highest BCUT2D eigenvalue weighted by Gasteiger charge is 2.57. The number of alkyl halides is 5. The maximum absolute atomic E-state index is 12.0. The van der Waals surface area contributed by atoms with Crippen LogP contribution in [-0.2, 0) is 0 Å². The quantitative estimate of drug-likeness (QED) is 0.409. The van der Waals surface area contributed by atoms with Gasteiger partial charge in [-0.2, -0.15) is 22.0 Å². The second-order valence-corrected chi connectivity index (χ2v) is 2.35. The van der Waals surface area contributed by atoms with Crippen molar-refractivity contribution in [2.75, 3.05) is 6.54 Å². The monoisotopic (exact) mass is 191 g/mol. The fourth-order valence-corrected chi connectivity index (χ4v) is 0.522. The third kappa shape index (κ3) is 3.34. The molecule has 0 aromatic rings. The lowest BCUT2D eigenvalue weighted by atomic mass is 10.3. The first kappa shape index (κ1) is 11.6. The third-order valence-electron chi connectivity index (χ3n) is 1.23. The number of hydrogen-bond donors (Lipinski definition) is 1. The molecule has 6 heteroatoms. The topological polar surface area (TPSA) is 12.0 Å². The highest BCUT2D eigenvalue weighted by atomic mass is 19.4. The molecule has 0 aliphatic carbocycles. The predicted molar refractivity (Wildman–Crippen MR) is 33.9 cm³/mol. The van der Waals surface area contributed by atoms with E-state index in [-0.39, 0.29) is 6.54 Å². The van der Waals surface area contributed by atoms with Gasteiger partial charge in [0.2, 0.25) is 0 Å². The Morgan fingerprint density at radius 2 is 1.58 bits per heavy atom. The molecule has 0 heterocycles. The number of halogens is 5. The minimum absolute atomic E-state index is 0.297. The zero-order chi connectivity index (χ0) is 9.83. The van der Waals surface area contributed by atoms with Crippen molar-refractivity contribution in [1.29, 1.82) is 0 Å². The molecule has 0 unspecified atom stereocenters. The highest BCUT2D eigenvalue weighted by molar-refractivity contribution is 4.72. The molecule has 0 saturated carbocycles. The molecule has 1 N–H and O–H groups in total. The van der Waals surface area contributed by atoms with E-state index in [2.05, 4.69) is 0 Å². The first-order chi connectivity index (χ1) is 5.31. The second-order valence-electron chi connectivity index (χ2n) is 2.35. The lowest BCUT2D eigenvalue weighted by Gasteiger charge is -2.20. The van der Waals surface area contributed by atoms with Gasteiger partial charge in [0, 0.05) is 6.54 Å². The molecule has 0 fully saturated rings. The summed E-state index contributed by atoms with van der Waals surface area (Å²) in [4.78, 5) is 0. The van der Waals surface area contributed by atoms with Crippen molar-refractivity contribution < 1.29 is 22.0 Å². The average Bonchev–Trinajstić information content (AvgIpc) is 1.85. The number of unbranched alkanes of at least 4 members (excludes halogenated alkanes) is 1. The van der Waals surface area contributed by atoms with Crippen LogP contribution in [0, 0.1) is 0 Å². The van der Waals surface area contributed by atoms with Gasteiger partial charge in [0.05, 0.1) is 0 Å². The van der Waals surface area contributed by atoms with E-state index < -0.39 is 12.2 Å². The minimum atomic E-state index is -5.50. The van der Waals surface area contributed by atoms with Crippen LogP contribution in [0.15, 0.2) is 0 Å². The molecule has 0 aliphatic heterocycles. The van der Waals surface area contributed by atoms with Gasteiger partial charge in [0.25, 0.3) is 0 Å². The average molecular weight is 191 g/mol. The molecule has 0 radical (unpaired) electrons. The summed E-state index contributed by atoms with van der Waals surface area (Å²) in [6.45, 7) is 1.37. The van der Waals surface area contributed by atoms with Gasteiger partial charge in [-0.1, -0.05) is 13.3 Å². The second kappa shape index (κ2) is 4.02. The molecule has 0 atom stereocenters. The van der Waals surface area contributed by atoms with E-state index in [9.17, 15) is 22.0 Å². The summed E-state index contributed by atoms with van der Waals surface area (Å²) in [5.74, 6) is 0. The van der Waals surface area contributed by atoms with Crippen molar-refractivity contribution in [3.63, 3.8) is 0 Å². The Bertz CT molecular complexity index is 130. The molecule has 1 nitrogen and oxygen atoms in total. The Balaban J connectivity index is 3.88. The largest absolute Gasteiger partial charge is 0.469 e. The summed E-state index contributed by atoms with van der Waals surface area (Å²) in [6, 6.07) is -4.76. The maximum atomic E-state index is 12.0. The van der Waals surface area contributed by atoms with Crippen molar-refractivity contribution in [2.45, 2.75) is 32.0 Å². The zero-order valence-corrected chi connectivity index (χ0v) is 6.51. The van der Waals surface area contributed by atoms with Crippen molar-refractivity contribution in [3.8, 4) is 0 Å². The van der Waals surface area contributed by atoms with Crippen LogP contribution in [0.3, 0.4) is 0 Å². The van der Waals surface area contributed by atoms with Gasteiger partial charge in [0.1, 0.15) is 0 Å². The molecule has 0 aromatic heterocycles. The molecule has 0 aliphatic rings. The number of hydrogen-bond acceptors (Lipinski definition) is 1. The molecule has 0 saturated heterocycles. The van der Waals surface area contributed by atoms with Crippen molar-refractivity contribution in [1.82, 2.24) is 5.32 Å². The molecule has 0 bridgehead atoms. The van der Waals surface area contributed by atoms with Crippen LogP contribution in [0.4, 0.5) is 22.0 Å². The number of rotatable bonds is 4. The van der Waals surface area contributed by atoms with Gasteiger partial charge in [0.15, 0.2) is 0 Å². The summed E-state index contributed by atoms with van der Waals surface area (Å²) in [7, 11) is 0. The Morgan fingerprint density at radius 3 is 1.92 bits per heavy atom. The predicted octanol–water partition coefficient (Wildman–Crippen LogP) is 2.53. The van der Waals surface area contributed by atoms with Crippen LogP contribution in [0.5, 0.6) is 0 Å². The van der Waals surface area contributed by atoms with Gasteiger partial charge in [-0.15, -0.1) is 0 Å². The lowest BCUT2D eigenvalue weighted by molar-refractivity contribution is -0.295. The van der Waals surface area contributed by atoms with Gasteiger partial charge in [-0.25, -0.2) is 0 Å². The van der Waals surface area contributed by atoms with Crippen LogP contribution < -0.4 is 5.32 Å². The van der Waals surface area contributed by atoms with Gasteiger partial charge < -0.3 is 0 Å². The maximum Gasteiger partial charge on any atom is 0.469 e. The minimum Gasteiger partial charge on any atom is -0.250 e. The van der Waals surface area contributed by atoms with E-state index in [1.54, 1.807) is 6.92 Å². The number of nitrogens with one attached hydrogen (secondary N) is 1.